The summed E-state index contributed by atoms with van der Waals surface area (Å²) < 4.78 is 35.0. The third kappa shape index (κ3) is 11.8. The molecule has 0 aliphatic heterocycles. The van der Waals surface area contributed by atoms with Crippen LogP contribution in [0.5, 0.6) is 0 Å². The van der Waals surface area contributed by atoms with Crippen molar-refractivity contribution >= 4 is 10.1 Å². The highest BCUT2D eigenvalue weighted by atomic mass is 32.2. The average Bonchev–Trinajstić information content (AvgIpc) is 2.96. The first-order valence-corrected chi connectivity index (χ1v) is 18.2. The van der Waals surface area contributed by atoms with Crippen LogP contribution < -0.4 is 0 Å². The number of aryl methyl sites for hydroxylation is 1. The molecule has 0 amide bonds. The summed E-state index contributed by atoms with van der Waals surface area (Å²) in [5.74, 6) is 0. The number of rotatable bonds is 16. The van der Waals surface area contributed by atoms with Crippen molar-refractivity contribution in [2.75, 3.05) is 13.1 Å². The second-order valence-electron chi connectivity index (χ2n) is 12.3. The molecule has 0 spiro atoms. The zero-order valence-electron chi connectivity index (χ0n) is 25.8. The molecule has 1 aromatic rings. The summed E-state index contributed by atoms with van der Waals surface area (Å²) in [5, 5.41) is 0. The van der Waals surface area contributed by atoms with Gasteiger partial charge in [-0.15, -0.1) is 0 Å². The molecule has 39 heavy (non-hydrogen) atoms. The van der Waals surface area contributed by atoms with Crippen LogP contribution >= 0.6 is 0 Å². The summed E-state index contributed by atoms with van der Waals surface area (Å²) in [7, 11) is -4.35. The first-order valence-electron chi connectivity index (χ1n) is 16.8. The molecule has 0 atom stereocenters. The van der Waals surface area contributed by atoms with E-state index in [0.29, 0.717) is 12.0 Å². The summed E-state index contributed by atoms with van der Waals surface area (Å²) in [6.07, 6.45) is 28.2. The third-order valence-corrected chi connectivity index (χ3v) is 10.8. The van der Waals surface area contributed by atoms with E-state index >= 15 is 0 Å². The fourth-order valence-corrected chi connectivity index (χ4v) is 8.24. The van der Waals surface area contributed by atoms with Gasteiger partial charge in [-0.25, -0.2) is 8.42 Å². The maximum absolute atomic E-state index is 11.2. The van der Waals surface area contributed by atoms with Crippen molar-refractivity contribution in [2.24, 2.45) is 0 Å². The molecule has 0 unspecified atom stereocenters. The average molecular weight is 564 g/mol. The topological polar surface area (TPSA) is 57.2 Å². The number of benzene rings is 1. The highest BCUT2D eigenvalue weighted by Gasteiger charge is 2.41. The summed E-state index contributed by atoms with van der Waals surface area (Å²) in [5.41, 5.74) is 0.664. The van der Waals surface area contributed by atoms with Gasteiger partial charge in [0.2, 0.25) is 0 Å². The molecule has 0 N–H and O–H groups in total. The zero-order chi connectivity index (χ0) is 28.4. The Kier molecular flexibility index (Phi) is 16.9. The van der Waals surface area contributed by atoms with Gasteiger partial charge in [0.05, 0.1) is 30.1 Å². The lowest BCUT2D eigenvalue weighted by Gasteiger charge is -2.51. The Labute approximate surface area is 242 Å². The standard InChI is InChI=1S/C18H30O3S.C16H32N/c1-2-3-4-5-6-7-8-9-10-11-14-17-15-12-13-16-18(17)22(19,20)21;1-3-17(4-2,15-11-7-5-8-12-15)16-13-9-6-10-14-16/h12-13,15-16H,2-11,14H2,1H3,(H,19,20,21);15-16H,3-14H2,1-2H3/q;+1/p-1. The van der Waals surface area contributed by atoms with Gasteiger partial charge in [-0.1, -0.05) is 95.8 Å². The van der Waals surface area contributed by atoms with Crippen molar-refractivity contribution in [3.8, 4) is 0 Å². The molecule has 2 aliphatic rings. The highest BCUT2D eigenvalue weighted by molar-refractivity contribution is 7.85. The molecule has 226 valence electrons. The molecule has 5 heteroatoms. The van der Waals surface area contributed by atoms with E-state index in [1.54, 1.807) is 18.2 Å². The van der Waals surface area contributed by atoms with E-state index in [4.69, 9.17) is 0 Å². The number of hydrogen-bond acceptors (Lipinski definition) is 3. The number of hydrogen-bond donors (Lipinski definition) is 0. The highest BCUT2D eigenvalue weighted by Crippen LogP contribution is 2.36. The predicted molar refractivity (Wildman–Crippen MR) is 165 cm³/mol. The summed E-state index contributed by atoms with van der Waals surface area (Å²) >= 11 is 0. The largest absolute Gasteiger partial charge is 0.744 e. The molecule has 1 aromatic carbocycles. The number of quaternary nitrogens is 1. The Balaban J connectivity index is 0.000000282. The number of unbranched alkanes of at least 4 members (excludes halogenated alkanes) is 9. The van der Waals surface area contributed by atoms with E-state index in [1.165, 1.54) is 139 Å². The summed E-state index contributed by atoms with van der Waals surface area (Å²) in [6, 6.07) is 8.56. The van der Waals surface area contributed by atoms with Crippen LogP contribution in [-0.4, -0.2) is 42.6 Å². The molecule has 0 saturated heterocycles. The minimum atomic E-state index is -4.35. The molecule has 2 fully saturated rings. The van der Waals surface area contributed by atoms with Crippen molar-refractivity contribution in [3.05, 3.63) is 29.8 Å². The first kappa shape index (κ1) is 34.3. The molecular formula is C34H61NO3S. The minimum Gasteiger partial charge on any atom is -0.744 e. The van der Waals surface area contributed by atoms with Crippen LogP contribution in [0.3, 0.4) is 0 Å². The Bertz CT molecular complexity index is 833. The Morgan fingerprint density at radius 1 is 0.667 bits per heavy atom. The van der Waals surface area contributed by atoms with Gasteiger partial charge in [-0.3, -0.25) is 0 Å². The first-order chi connectivity index (χ1) is 18.9. The van der Waals surface area contributed by atoms with Gasteiger partial charge >= 0.3 is 0 Å². The van der Waals surface area contributed by atoms with Crippen LogP contribution in [0.25, 0.3) is 0 Å². The van der Waals surface area contributed by atoms with Crippen LogP contribution in [0.4, 0.5) is 0 Å². The quantitative estimate of drug-likeness (QED) is 0.114. The van der Waals surface area contributed by atoms with Crippen LogP contribution in [0.15, 0.2) is 29.2 Å². The molecule has 4 nitrogen and oxygen atoms in total. The van der Waals surface area contributed by atoms with Crippen molar-refractivity contribution in [1.29, 1.82) is 0 Å². The zero-order valence-corrected chi connectivity index (χ0v) is 26.6. The Hall–Kier alpha value is -0.910. The van der Waals surface area contributed by atoms with Crippen molar-refractivity contribution in [3.63, 3.8) is 0 Å². The summed E-state index contributed by atoms with van der Waals surface area (Å²) in [4.78, 5) is -0.0501. The second-order valence-corrected chi connectivity index (χ2v) is 13.7. The third-order valence-electron chi connectivity index (χ3n) is 9.82. The predicted octanol–water partition coefficient (Wildman–Crippen LogP) is 9.56. The summed E-state index contributed by atoms with van der Waals surface area (Å²) in [6.45, 7) is 9.90. The normalized spacial score (nSPS) is 17.5. The van der Waals surface area contributed by atoms with Gasteiger partial charge in [0.25, 0.3) is 0 Å². The Morgan fingerprint density at radius 3 is 1.54 bits per heavy atom. The van der Waals surface area contributed by atoms with Gasteiger partial charge < -0.3 is 9.04 Å². The van der Waals surface area contributed by atoms with Gasteiger partial charge in [0.1, 0.15) is 10.1 Å². The molecule has 2 saturated carbocycles. The molecular weight excluding hydrogens is 502 g/mol. The minimum absolute atomic E-state index is 0.0501. The van der Waals surface area contributed by atoms with Gasteiger partial charge in [0, 0.05) is 0 Å². The molecule has 0 heterocycles. The second kappa shape index (κ2) is 19.3. The maximum Gasteiger partial charge on any atom is 0.124 e. The lowest BCUT2D eigenvalue weighted by molar-refractivity contribution is -0.972. The van der Waals surface area contributed by atoms with E-state index in [-0.39, 0.29) is 4.90 Å². The maximum atomic E-state index is 11.2. The van der Waals surface area contributed by atoms with E-state index in [1.807, 2.05) is 0 Å². The van der Waals surface area contributed by atoms with E-state index < -0.39 is 10.1 Å². The molecule has 0 radical (unpaired) electrons. The fraction of sp³-hybridized carbons (Fsp3) is 0.824. The lowest BCUT2D eigenvalue weighted by atomic mass is 9.85. The van der Waals surface area contributed by atoms with Crippen LogP contribution in [0.2, 0.25) is 0 Å². The van der Waals surface area contributed by atoms with Crippen molar-refractivity contribution in [1.82, 2.24) is 0 Å². The SMILES string of the molecule is CCCCCCCCCCCCc1ccccc1S(=O)(=O)[O-].CC[N+](CC)(C1CCCCC1)C1CCCCC1. The van der Waals surface area contributed by atoms with Crippen molar-refractivity contribution < 1.29 is 17.5 Å². The smallest absolute Gasteiger partial charge is 0.124 e. The van der Waals surface area contributed by atoms with E-state index in [2.05, 4.69) is 20.8 Å². The lowest BCUT2D eigenvalue weighted by Crippen LogP contribution is -2.62. The molecule has 0 aromatic heterocycles. The monoisotopic (exact) mass is 563 g/mol. The van der Waals surface area contributed by atoms with Gasteiger partial charge in [0.15, 0.2) is 0 Å². The van der Waals surface area contributed by atoms with Gasteiger partial charge in [-0.2, -0.15) is 0 Å². The van der Waals surface area contributed by atoms with Crippen molar-refractivity contribution in [2.45, 2.75) is 173 Å². The van der Waals surface area contributed by atoms with E-state index in [9.17, 15) is 13.0 Å². The van der Waals surface area contributed by atoms with Crippen LogP contribution in [0, 0.1) is 0 Å². The number of nitrogens with zero attached hydrogens (tertiary/aromatic N) is 1. The molecule has 3 rings (SSSR count). The van der Waals surface area contributed by atoms with Gasteiger partial charge in [-0.05, 0) is 89.7 Å². The fourth-order valence-electron chi connectivity index (χ4n) is 7.50. The molecule has 2 aliphatic carbocycles. The van der Waals surface area contributed by atoms with Crippen LogP contribution in [-0.2, 0) is 16.5 Å². The molecule has 0 bridgehead atoms. The Morgan fingerprint density at radius 2 is 1.10 bits per heavy atom. The van der Waals surface area contributed by atoms with E-state index in [0.717, 1.165) is 24.9 Å². The van der Waals surface area contributed by atoms with Crippen LogP contribution in [0.1, 0.15) is 155 Å².